The number of nitrogens with zero attached hydrogens (tertiary/aromatic N) is 2. The number of carbonyl (C=O) groups excluding carboxylic acids is 2. The van der Waals surface area contributed by atoms with Gasteiger partial charge in [0.1, 0.15) is 10.1 Å². The minimum atomic E-state index is -0.418. The molecule has 14 heavy (non-hydrogen) atoms. The van der Waals surface area contributed by atoms with E-state index < -0.39 is 11.8 Å². The monoisotopic (exact) mass is 236 g/mol. The summed E-state index contributed by atoms with van der Waals surface area (Å²) in [6.07, 6.45) is 0. The molecule has 1 aliphatic heterocycles. The van der Waals surface area contributed by atoms with Crippen LogP contribution < -0.4 is 0 Å². The summed E-state index contributed by atoms with van der Waals surface area (Å²) in [5, 5.41) is -0.434. The number of hydrogen-bond acceptors (Lipinski definition) is 2. The third-order valence-corrected chi connectivity index (χ3v) is 2.83. The molecule has 0 saturated carbocycles. The SMILES string of the molecule is CN1CCN(C)C(=O)/C(Cl)=C(/Cl)C1=O. The Morgan fingerprint density at radius 3 is 1.50 bits per heavy atom. The normalized spacial score (nSPS) is 25.1. The Morgan fingerprint density at radius 1 is 0.929 bits per heavy atom. The van der Waals surface area contributed by atoms with Crippen molar-refractivity contribution in [1.29, 1.82) is 0 Å². The molecule has 6 heteroatoms. The van der Waals surface area contributed by atoms with E-state index in [1.165, 1.54) is 9.80 Å². The molecule has 0 aliphatic carbocycles. The lowest BCUT2D eigenvalue weighted by atomic mass is 10.3. The third-order valence-electron chi connectivity index (χ3n) is 2.03. The summed E-state index contributed by atoms with van der Waals surface area (Å²) in [6, 6.07) is 0. The first-order valence-electron chi connectivity index (χ1n) is 4.01. The van der Waals surface area contributed by atoms with Gasteiger partial charge >= 0.3 is 0 Å². The minimum absolute atomic E-state index is 0.217. The van der Waals surface area contributed by atoms with Crippen molar-refractivity contribution in [2.24, 2.45) is 0 Å². The molecule has 0 aromatic carbocycles. The van der Waals surface area contributed by atoms with Gasteiger partial charge in [-0.1, -0.05) is 23.2 Å². The van der Waals surface area contributed by atoms with E-state index in [1.807, 2.05) is 0 Å². The van der Waals surface area contributed by atoms with Gasteiger partial charge in [-0.25, -0.2) is 0 Å². The van der Waals surface area contributed by atoms with Crippen molar-refractivity contribution >= 4 is 35.0 Å². The van der Waals surface area contributed by atoms with Gasteiger partial charge in [0.15, 0.2) is 0 Å². The van der Waals surface area contributed by atoms with E-state index in [4.69, 9.17) is 23.2 Å². The minimum Gasteiger partial charge on any atom is -0.339 e. The Morgan fingerprint density at radius 2 is 1.21 bits per heavy atom. The molecular formula is C8H10Cl2N2O2. The van der Waals surface area contributed by atoms with Crippen molar-refractivity contribution in [3.05, 3.63) is 10.1 Å². The molecule has 0 aromatic rings. The maximum atomic E-state index is 11.4. The predicted molar refractivity (Wildman–Crippen MR) is 54.0 cm³/mol. The maximum absolute atomic E-state index is 11.4. The van der Waals surface area contributed by atoms with Crippen LogP contribution in [0.1, 0.15) is 0 Å². The quantitative estimate of drug-likeness (QED) is 0.619. The van der Waals surface area contributed by atoms with Crippen molar-refractivity contribution in [2.45, 2.75) is 0 Å². The van der Waals surface area contributed by atoms with Gasteiger partial charge in [0, 0.05) is 27.2 Å². The van der Waals surface area contributed by atoms with Gasteiger partial charge in [0.2, 0.25) is 0 Å². The summed E-state index contributed by atoms with van der Waals surface area (Å²) in [5.74, 6) is -0.837. The zero-order valence-corrected chi connectivity index (χ0v) is 9.39. The number of carbonyl (C=O) groups is 2. The summed E-state index contributed by atoms with van der Waals surface area (Å²) in [4.78, 5) is 25.7. The predicted octanol–water partition coefficient (Wildman–Crippen LogP) is 0.606. The van der Waals surface area contributed by atoms with E-state index in [-0.39, 0.29) is 10.1 Å². The van der Waals surface area contributed by atoms with E-state index in [0.29, 0.717) is 13.1 Å². The van der Waals surface area contributed by atoms with E-state index in [9.17, 15) is 9.59 Å². The summed E-state index contributed by atoms with van der Waals surface area (Å²) in [6.45, 7) is 0.892. The maximum Gasteiger partial charge on any atom is 0.266 e. The zero-order chi connectivity index (χ0) is 10.9. The van der Waals surface area contributed by atoms with Gasteiger partial charge in [-0.3, -0.25) is 9.59 Å². The van der Waals surface area contributed by atoms with Crippen LogP contribution in [-0.4, -0.2) is 48.8 Å². The highest BCUT2D eigenvalue weighted by molar-refractivity contribution is 6.53. The van der Waals surface area contributed by atoms with E-state index in [0.717, 1.165) is 0 Å². The van der Waals surface area contributed by atoms with Gasteiger partial charge < -0.3 is 9.80 Å². The van der Waals surface area contributed by atoms with Crippen molar-refractivity contribution in [2.75, 3.05) is 27.2 Å². The van der Waals surface area contributed by atoms with Gasteiger partial charge in [-0.05, 0) is 0 Å². The molecule has 1 aliphatic rings. The molecule has 1 rings (SSSR count). The number of halogens is 2. The molecule has 1 heterocycles. The molecule has 4 nitrogen and oxygen atoms in total. The summed E-state index contributed by atoms with van der Waals surface area (Å²) in [7, 11) is 3.22. The van der Waals surface area contributed by atoms with Crippen LogP contribution in [0.4, 0.5) is 0 Å². The molecule has 0 radical (unpaired) electrons. The largest absolute Gasteiger partial charge is 0.339 e. The molecular weight excluding hydrogens is 227 g/mol. The lowest BCUT2D eigenvalue weighted by Gasteiger charge is -2.25. The average molecular weight is 237 g/mol. The first kappa shape index (κ1) is 11.3. The topological polar surface area (TPSA) is 40.6 Å². The molecule has 0 spiro atoms. The van der Waals surface area contributed by atoms with Crippen LogP contribution in [0.5, 0.6) is 0 Å². The number of rotatable bonds is 0. The van der Waals surface area contributed by atoms with Crippen LogP contribution in [0, 0.1) is 0 Å². The second-order valence-corrected chi connectivity index (χ2v) is 3.84. The Bertz CT molecular complexity index is 284. The molecule has 0 aromatic heterocycles. The summed E-state index contributed by atoms with van der Waals surface area (Å²) >= 11 is 11.3. The van der Waals surface area contributed by atoms with Crippen LogP contribution >= 0.6 is 23.2 Å². The smallest absolute Gasteiger partial charge is 0.266 e. The van der Waals surface area contributed by atoms with E-state index in [1.54, 1.807) is 14.1 Å². The van der Waals surface area contributed by atoms with Crippen molar-refractivity contribution < 1.29 is 9.59 Å². The third kappa shape index (κ3) is 2.01. The van der Waals surface area contributed by atoms with E-state index >= 15 is 0 Å². The van der Waals surface area contributed by atoms with Crippen molar-refractivity contribution in [3.63, 3.8) is 0 Å². The molecule has 2 amide bonds. The second kappa shape index (κ2) is 4.19. The lowest BCUT2D eigenvalue weighted by Crippen LogP contribution is -2.40. The van der Waals surface area contributed by atoms with Crippen LogP contribution in [0.2, 0.25) is 0 Å². The van der Waals surface area contributed by atoms with Crippen LogP contribution in [0.3, 0.4) is 0 Å². The summed E-state index contributed by atoms with van der Waals surface area (Å²) < 4.78 is 0. The second-order valence-electron chi connectivity index (χ2n) is 3.08. The first-order valence-corrected chi connectivity index (χ1v) is 4.77. The zero-order valence-electron chi connectivity index (χ0n) is 7.88. The number of hydrogen-bond donors (Lipinski definition) is 0. The summed E-state index contributed by atoms with van der Waals surface area (Å²) in [5.41, 5.74) is 0. The lowest BCUT2D eigenvalue weighted by molar-refractivity contribution is -0.130. The number of likely N-dealkylation sites (N-methyl/N-ethyl adjacent to an activating group) is 2. The van der Waals surface area contributed by atoms with Gasteiger partial charge in [-0.15, -0.1) is 0 Å². The van der Waals surface area contributed by atoms with Crippen LogP contribution in [-0.2, 0) is 9.59 Å². The molecule has 0 bridgehead atoms. The number of amides is 2. The molecule has 0 fully saturated rings. The molecule has 0 unspecified atom stereocenters. The van der Waals surface area contributed by atoms with Crippen molar-refractivity contribution in [1.82, 2.24) is 9.80 Å². The van der Waals surface area contributed by atoms with Crippen LogP contribution in [0.25, 0.3) is 0 Å². The Hall–Kier alpha value is -0.740. The molecule has 0 saturated heterocycles. The van der Waals surface area contributed by atoms with Gasteiger partial charge in [0.25, 0.3) is 11.8 Å². The highest BCUT2D eigenvalue weighted by Gasteiger charge is 2.26. The average Bonchev–Trinajstić information content (AvgIpc) is 2.19. The Kier molecular flexibility index (Phi) is 3.39. The fourth-order valence-corrected chi connectivity index (χ4v) is 1.48. The van der Waals surface area contributed by atoms with Crippen molar-refractivity contribution in [3.8, 4) is 0 Å². The highest BCUT2D eigenvalue weighted by atomic mass is 35.5. The Balaban J connectivity index is 3.10. The van der Waals surface area contributed by atoms with Gasteiger partial charge in [0.05, 0.1) is 0 Å². The molecule has 0 N–H and O–H groups in total. The van der Waals surface area contributed by atoms with Gasteiger partial charge in [-0.2, -0.15) is 0 Å². The fourth-order valence-electron chi connectivity index (χ4n) is 1.03. The van der Waals surface area contributed by atoms with E-state index in [2.05, 4.69) is 0 Å². The molecule has 78 valence electrons. The fraction of sp³-hybridized carbons (Fsp3) is 0.500. The van der Waals surface area contributed by atoms with Crippen LogP contribution in [0.15, 0.2) is 10.1 Å². The standard InChI is InChI=1S/C8H10Cl2N2O2/c1-11-3-4-12(2)8(14)6(10)5(9)7(11)13/h3-4H2,1-2H3/b6-5-. The molecule has 0 atom stereocenters. The Labute approximate surface area is 92.0 Å². The highest BCUT2D eigenvalue weighted by Crippen LogP contribution is 2.19. The first-order chi connectivity index (χ1) is 6.45.